The normalized spacial score (nSPS) is 15.9. The average molecular weight is 460 g/mol. The summed E-state index contributed by atoms with van der Waals surface area (Å²) < 4.78 is 5.27. The first-order valence-electron chi connectivity index (χ1n) is 10.8. The van der Waals surface area contributed by atoms with E-state index in [9.17, 15) is 14.4 Å². The molecule has 1 aliphatic rings. The maximum absolute atomic E-state index is 12.9. The predicted molar refractivity (Wildman–Crippen MR) is 122 cm³/mol. The summed E-state index contributed by atoms with van der Waals surface area (Å²) in [4.78, 5) is 39.4. The zero-order valence-electron chi connectivity index (χ0n) is 18.4. The van der Waals surface area contributed by atoms with Crippen molar-refractivity contribution in [3.8, 4) is 0 Å². The number of aryl methyl sites for hydroxylation is 1. The van der Waals surface area contributed by atoms with Crippen LogP contribution in [0.4, 0.5) is 5.69 Å². The number of anilines is 1. The molecule has 3 rings (SSSR count). The molecule has 32 heavy (non-hydrogen) atoms. The largest absolute Gasteiger partial charge is 0.382 e. The fourth-order valence-electron chi connectivity index (χ4n) is 3.41. The molecule has 1 aliphatic heterocycles. The fraction of sp³-hybridized carbons (Fsp3) is 0.500. The van der Waals surface area contributed by atoms with Crippen LogP contribution in [0.3, 0.4) is 0 Å². The monoisotopic (exact) mass is 459 g/mol. The number of aromatic nitrogens is 2. The van der Waals surface area contributed by atoms with Crippen LogP contribution in [0.25, 0.3) is 0 Å². The third-order valence-electron chi connectivity index (χ3n) is 5.16. The maximum Gasteiger partial charge on any atom is 0.286 e. The van der Waals surface area contributed by atoms with Crippen molar-refractivity contribution < 1.29 is 19.1 Å². The zero-order chi connectivity index (χ0) is 22.9. The van der Waals surface area contributed by atoms with Gasteiger partial charge in [0.2, 0.25) is 15.9 Å². The summed E-state index contributed by atoms with van der Waals surface area (Å²) in [7, 11) is 0. The Labute approximate surface area is 191 Å². The minimum Gasteiger partial charge on any atom is -0.382 e. The van der Waals surface area contributed by atoms with Gasteiger partial charge < -0.3 is 20.3 Å². The van der Waals surface area contributed by atoms with Gasteiger partial charge in [-0.1, -0.05) is 29.0 Å². The number of amides is 3. The molecule has 0 aliphatic carbocycles. The van der Waals surface area contributed by atoms with Gasteiger partial charge in [0, 0.05) is 38.5 Å². The van der Waals surface area contributed by atoms with Gasteiger partial charge in [0.1, 0.15) is 0 Å². The second kappa shape index (κ2) is 11.7. The molecule has 3 amide bonds. The van der Waals surface area contributed by atoms with Gasteiger partial charge in [-0.3, -0.25) is 14.4 Å². The zero-order valence-corrected chi connectivity index (χ0v) is 19.2. The summed E-state index contributed by atoms with van der Waals surface area (Å²) in [6.07, 6.45) is 2.23. The molecule has 10 heteroatoms. The topological polar surface area (TPSA) is 114 Å². The Morgan fingerprint density at radius 2 is 1.94 bits per heavy atom. The van der Waals surface area contributed by atoms with Gasteiger partial charge in [0.25, 0.3) is 11.8 Å². The Morgan fingerprint density at radius 3 is 2.69 bits per heavy atom. The van der Waals surface area contributed by atoms with Crippen LogP contribution in [0.15, 0.2) is 24.3 Å². The van der Waals surface area contributed by atoms with Crippen LogP contribution in [0.5, 0.6) is 0 Å². The van der Waals surface area contributed by atoms with Crippen molar-refractivity contribution in [3.63, 3.8) is 0 Å². The number of ether oxygens (including phenoxy) is 1. The van der Waals surface area contributed by atoms with E-state index in [0.717, 1.165) is 36.2 Å². The third-order valence-corrected chi connectivity index (χ3v) is 6.07. The minimum atomic E-state index is -0.409. The van der Waals surface area contributed by atoms with Gasteiger partial charge in [0.15, 0.2) is 0 Å². The first-order valence-corrected chi connectivity index (χ1v) is 11.7. The first-order chi connectivity index (χ1) is 15.5. The highest BCUT2D eigenvalue weighted by Gasteiger charge is 2.30. The molecule has 0 spiro atoms. The lowest BCUT2D eigenvalue weighted by atomic mass is 9.97. The van der Waals surface area contributed by atoms with Crippen molar-refractivity contribution in [1.29, 1.82) is 0 Å². The lowest BCUT2D eigenvalue weighted by Gasteiger charge is -2.31. The van der Waals surface area contributed by atoms with E-state index in [-0.39, 0.29) is 27.7 Å². The fourth-order valence-corrected chi connectivity index (χ4v) is 4.11. The number of nitrogens with one attached hydrogen (secondary N) is 2. The molecule has 1 saturated heterocycles. The van der Waals surface area contributed by atoms with Gasteiger partial charge >= 0.3 is 0 Å². The summed E-state index contributed by atoms with van der Waals surface area (Å²) in [5.74, 6) is -1.01. The van der Waals surface area contributed by atoms with E-state index in [1.165, 1.54) is 0 Å². The second-order valence-corrected chi connectivity index (χ2v) is 8.64. The van der Waals surface area contributed by atoms with Crippen molar-refractivity contribution in [1.82, 2.24) is 20.4 Å². The Kier molecular flexibility index (Phi) is 8.69. The van der Waals surface area contributed by atoms with E-state index in [1.54, 1.807) is 17.0 Å². The van der Waals surface area contributed by atoms with E-state index < -0.39 is 5.91 Å². The average Bonchev–Trinajstić information content (AvgIpc) is 3.30. The summed E-state index contributed by atoms with van der Waals surface area (Å²) in [6, 6.07) is 7.39. The standard InChI is InChI=1S/C22H29N5O4S/c1-3-31-13-5-11-23-18(28)16-6-4-12-27(14-16)22(30)21-26-25-20(32-21)19(29)24-17-9-7-15(2)8-10-17/h7-10,16H,3-6,11-14H2,1-2H3,(H,23,28)(H,24,29)/t16-/m1/s1. The van der Waals surface area contributed by atoms with Crippen LogP contribution in [-0.2, 0) is 9.53 Å². The molecule has 1 atom stereocenters. The van der Waals surface area contributed by atoms with Crippen LogP contribution in [0.1, 0.15) is 51.4 Å². The predicted octanol–water partition coefficient (Wildman–Crippen LogP) is 2.49. The van der Waals surface area contributed by atoms with Crippen LogP contribution >= 0.6 is 11.3 Å². The number of piperidine rings is 1. The molecule has 0 radical (unpaired) electrons. The van der Waals surface area contributed by atoms with Crippen molar-refractivity contribution in [2.45, 2.75) is 33.1 Å². The lowest BCUT2D eigenvalue weighted by Crippen LogP contribution is -2.45. The molecule has 2 aromatic rings. The molecule has 2 heterocycles. The molecular weight excluding hydrogens is 430 g/mol. The molecular formula is C22H29N5O4S. The van der Waals surface area contributed by atoms with Crippen LogP contribution in [0.2, 0.25) is 0 Å². The van der Waals surface area contributed by atoms with E-state index in [4.69, 9.17) is 4.74 Å². The first kappa shape index (κ1) is 23.8. The highest BCUT2D eigenvalue weighted by molar-refractivity contribution is 7.15. The Bertz CT molecular complexity index is 931. The van der Waals surface area contributed by atoms with Gasteiger partial charge in [-0.15, -0.1) is 10.2 Å². The van der Waals surface area contributed by atoms with Gasteiger partial charge in [-0.05, 0) is 45.2 Å². The molecule has 1 aromatic heterocycles. The van der Waals surface area contributed by atoms with Gasteiger partial charge in [-0.2, -0.15) is 0 Å². The molecule has 2 N–H and O–H groups in total. The van der Waals surface area contributed by atoms with Gasteiger partial charge in [0.05, 0.1) is 5.92 Å². The van der Waals surface area contributed by atoms with Crippen LogP contribution in [-0.4, -0.2) is 65.7 Å². The quantitative estimate of drug-likeness (QED) is 0.557. The number of nitrogens with zero attached hydrogens (tertiary/aromatic N) is 3. The van der Waals surface area contributed by atoms with Gasteiger partial charge in [-0.25, -0.2) is 0 Å². The molecule has 1 fully saturated rings. The second-order valence-electron chi connectivity index (χ2n) is 7.66. The highest BCUT2D eigenvalue weighted by Crippen LogP contribution is 2.21. The molecule has 9 nitrogen and oxygen atoms in total. The van der Waals surface area contributed by atoms with E-state index in [1.807, 2.05) is 26.0 Å². The minimum absolute atomic E-state index is 0.0468. The smallest absolute Gasteiger partial charge is 0.286 e. The Morgan fingerprint density at radius 1 is 1.19 bits per heavy atom. The number of hydrogen-bond donors (Lipinski definition) is 2. The van der Waals surface area contributed by atoms with E-state index >= 15 is 0 Å². The lowest BCUT2D eigenvalue weighted by molar-refractivity contribution is -0.126. The van der Waals surface area contributed by atoms with Crippen molar-refractivity contribution in [3.05, 3.63) is 39.8 Å². The molecule has 172 valence electrons. The van der Waals surface area contributed by atoms with Crippen LogP contribution in [0, 0.1) is 12.8 Å². The van der Waals surface area contributed by atoms with Crippen molar-refractivity contribution >= 4 is 34.7 Å². The van der Waals surface area contributed by atoms with Crippen LogP contribution < -0.4 is 10.6 Å². The Hall–Kier alpha value is -2.85. The SMILES string of the molecule is CCOCCCNC(=O)[C@@H]1CCCN(C(=O)c2nnc(C(=O)Nc3ccc(C)cc3)s2)C1. The molecule has 0 saturated carbocycles. The number of carbonyl (C=O) groups is 3. The third kappa shape index (κ3) is 6.57. The number of rotatable bonds is 9. The van der Waals surface area contributed by atoms with Crippen molar-refractivity contribution in [2.24, 2.45) is 5.92 Å². The number of hydrogen-bond acceptors (Lipinski definition) is 7. The summed E-state index contributed by atoms with van der Waals surface area (Å²) in [5.41, 5.74) is 1.74. The maximum atomic E-state index is 12.9. The molecule has 1 aromatic carbocycles. The van der Waals surface area contributed by atoms with Crippen molar-refractivity contribution in [2.75, 3.05) is 38.2 Å². The Balaban J connectivity index is 1.53. The molecule has 0 unspecified atom stereocenters. The number of carbonyl (C=O) groups excluding carboxylic acids is 3. The van der Waals surface area contributed by atoms with E-state index in [2.05, 4.69) is 20.8 Å². The highest BCUT2D eigenvalue weighted by atomic mass is 32.1. The number of likely N-dealkylation sites (tertiary alicyclic amines) is 1. The summed E-state index contributed by atoms with van der Waals surface area (Å²) in [5, 5.41) is 13.7. The number of benzene rings is 1. The summed E-state index contributed by atoms with van der Waals surface area (Å²) >= 11 is 0.956. The summed E-state index contributed by atoms with van der Waals surface area (Å²) in [6.45, 7) is 6.61. The van der Waals surface area contributed by atoms with E-state index in [0.29, 0.717) is 38.5 Å². The molecule has 0 bridgehead atoms.